The number of carbonyl (C=O) groups excluding carboxylic acids is 1. The summed E-state index contributed by atoms with van der Waals surface area (Å²) in [7, 11) is -3.92. The van der Waals surface area contributed by atoms with Crippen LogP contribution >= 0.6 is 0 Å². The quantitative estimate of drug-likeness (QED) is 0.553. The van der Waals surface area contributed by atoms with Crippen LogP contribution in [0.2, 0.25) is 0 Å². The Bertz CT molecular complexity index is 1100. The molecule has 0 heterocycles. The Morgan fingerprint density at radius 1 is 0.966 bits per heavy atom. The third-order valence-electron chi connectivity index (χ3n) is 4.16. The lowest BCUT2D eigenvalue weighted by Gasteiger charge is -2.15. The molecule has 3 aromatic carbocycles. The van der Waals surface area contributed by atoms with E-state index in [0.717, 1.165) is 10.8 Å². The fraction of sp³-hybridized carbons (Fsp3) is 0.190. The second-order valence-electron chi connectivity index (χ2n) is 6.27. The number of hydrazine groups is 1. The minimum atomic E-state index is -3.92. The van der Waals surface area contributed by atoms with Gasteiger partial charge in [-0.15, -0.1) is 4.83 Å². The van der Waals surface area contributed by atoms with Crippen molar-refractivity contribution in [2.75, 3.05) is 6.61 Å². The fourth-order valence-electron chi connectivity index (χ4n) is 2.65. The summed E-state index contributed by atoms with van der Waals surface area (Å²) in [6.45, 7) is 3.96. The number of sulfonamides is 1. The zero-order valence-corrected chi connectivity index (χ0v) is 16.9. The van der Waals surface area contributed by atoms with Gasteiger partial charge in [0.2, 0.25) is 0 Å². The zero-order valence-electron chi connectivity index (χ0n) is 16.1. The lowest BCUT2D eigenvalue weighted by molar-refractivity contribution is -0.127. The van der Waals surface area contributed by atoms with Crippen molar-refractivity contribution in [2.45, 2.75) is 24.8 Å². The smallest absolute Gasteiger partial charge is 0.275 e. The monoisotopic (exact) mass is 414 g/mol. The molecule has 2 N–H and O–H groups in total. The number of nitrogens with one attached hydrogen (secondary N) is 2. The molecule has 0 saturated heterocycles. The van der Waals surface area contributed by atoms with Gasteiger partial charge >= 0.3 is 0 Å². The average Bonchev–Trinajstić information content (AvgIpc) is 2.73. The summed E-state index contributed by atoms with van der Waals surface area (Å²) >= 11 is 0. The van der Waals surface area contributed by atoms with Crippen LogP contribution in [0.3, 0.4) is 0 Å². The van der Waals surface area contributed by atoms with Crippen LogP contribution in [0, 0.1) is 0 Å². The van der Waals surface area contributed by atoms with Crippen LogP contribution < -0.4 is 19.7 Å². The number of ether oxygens (including phenoxy) is 2. The molecule has 3 rings (SSSR count). The molecular formula is C21H22N2O5S. The summed E-state index contributed by atoms with van der Waals surface area (Å²) in [5, 5.41) is 1.71. The zero-order chi connectivity index (χ0) is 20.9. The van der Waals surface area contributed by atoms with Crippen molar-refractivity contribution in [1.29, 1.82) is 0 Å². The van der Waals surface area contributed by atoms with E-state index in [1.807, 2.05) is 31.2 Å². The van der Waals surface area contributed by atoms with Crippen molar-refractivity contribution in [3.05, 3.63) is 66.7 Å². The molecule has 29 heavy (non-hydrogen) atoms. The lowest BCUT2D eigenvalue weighted by atomic mass is 10.1. The van der Waals surface area contributed by atoms with Crippen LogP contribution in [-0.4, -0.2) is 27.0 Å². The van der Waals surface area contributed by atoms with E-state index in [4.69, 9.17) is 9.47 Å². The molecule has 1 atom stereocenters. The van der Waals surface area contributed by atoms with Crippen molar-refractivity contribution in [2.24, 2.45) is 0 Å². The van der Waals surface area contributed by atoms with E-state index in [1.165, 1.54) is 13.0 Å². The predicted octanol–water partition coefficient (Wildman–Crippen LogP) is 3.02. The van der Waals surface area contributed by atoms with Gasteiger partial charge in [-0.1, -0.05) is 30.3 Å². The molecule has 0 spiro atoms. The molecule has 0 saturated carbocycles. The number of fused-ring (bicyclic) bond motifs is 1. The van der Waals surface area contributed by atoms with E-state index >= 15 is 0 Å². The predicted molar refractivity (Wildman–Crippen MR) is 110 cm³/mol. The van der Waals surface area contributed by atoms with Crippen LogP contribution in [0.4, 0.5) is 0 Å². The molecule has 7 nitrogen and oxygen atoms in total. The first-order chi connectivity index (χ1) is 13.9. The average molecular weight is 414 g/mol. The fourth-order valence-corrected chi connectivity index (χ4v) is 3.53. The van der Waals surface area contributed by atoms with Gasteiger partial charge in [-0.05, 0) is 61.0 Å². The second kappa shape index (κ2) is 8.93. The third-order valence-corrected chi connectivity index (χ3v) is 5.40. The Hall–Kier alpha value is -3.10. The maximum atomic E-state index is 12.5. The minimum absolute atomic E-state index is 0.0524. The summed E-state index contributed by atoms with van der Waals surface area (Å²) < 4.78 is 35.8. The highest BCUT2D eigenvalue weighted by Crippen LogP contribution is 2.19. The van der Waals surface area contributed by atoms with Crippen molar-refractivity contribution in [3.63, 3.8) is 0 Å². The summed E-state index contributed by atoms with van der Waals surface area (Å²) in [6.07, 6.45) is -0.910. The Morgan fingerprint density at radius 3 is 2.31 bits per heavy atom. The van der Waals surface area contributed by atoms with E-state index in [1.54, 1.807) is 36.4 Å². The van der Waals surface area contributed by atoms with Gasteiger partial charge in [0.05, 0.1) is 11.5 Å². The molecule has 8 heteroatoms. The summed E-state index contributed by atoms with van der Waals surface area (Å²) in [4.78, 5) is 14.4. The van der Waals surface area contributed by atoms with Gasteiger partial charge in [-0.2, -0.15) is 0 Å². The Labute approximate surface area is 169 Å². The van der Waals surface area contributed by atoms with Crippen molar-refractivity contribution in [1.82, 2.24) is 10.3 Å². The first kappa shape index (κ1) is 20.6. The van der Waals surface area contributed by atoms with E-state index < -0.39 is 22.0 Å². The van der Waals surface area contributed by atoms with E-state index in [0.29, 0.717) is 18.1 Å². The second-order valence-corrected chi connectivity index (χ2v) is 7.95. The highest BCUT2D eigenvalue weighted by Gasteiger charge is 2.19. The highest BCUT2D eigenvalue weighted by atomic mass is 32.2. The molecule has 0 aromatic heterocycles. The molecule has 0 bridgehead atoms. The lowest BCUT2D eigenvalue weighted by Crippen LogP contribution is -2.47. The van der Waals surface area contributed by atoms with Gasteiger partial charge in [-0.3, -0.25) is 10.2 Å². The Kier molecular flexibility index (Phi) is 6.36. The molecule has 0 aliphatic heterocycles. The van der Waals surface area contributed by atoms with Crippen LogP contribution in [0.1, 0.15) is 13.8 Å². The summed E-state index contributed by atoms with van der Waals surface area (Å²) in [5.74, 6) is 0.539. The van der Waals surface area contributed by atoms with Crippen molar-refractivity contribution < 1.29 is 22.7 Å². The molecule has 0 fully saturated rings. The Balaban J connectivity index is 1.60. The van der Waals surface area contributed by atoms with Gasteiger partial charge in [0.25, 0.3) is 15.9 Å². The number of hydrogen-bond acceptors (Lipinski definition) is 5. The van der Waals surface area contributed by atoms with E-state index in [2.05, 4.69) is 10.3 Å². The van der Waals surface area contributed by atoms with Crippen LogP contribution in [0.5, 0.6) is 11.5 Å². The number of benzene rings is 3. The molecular weight excluding hydrogens is 392 g/mol. The maximum absolute atomic E-state index is 12.5. The maximum Gasteiger partial charge on any atom is 0.275 e. The van der Waals surface area contributed by atoms with Crippen molar-refractivity contribution in [3.8, 4) is 11.5 Å². The Morgan fingerprint density at radius 2 is 1.62 bits per heavy atom. The standard InChI is InChI=1S/C21H22N2O5S/c1-3-27-18-9-11-19(12-10-18)28-15(2)21(24)22-23-29(25,26)20-13-8-16-6-4-5-7-17(16)14-20/h4-15,23H,3H2,1-2H3,(H,22,24)/t15-/m0/s1. The van der Waals surface area contributed by atoms with Gasteiger partial charge in [0, 0.05) is 0 Å². The number of hydrogen-bond donors (Lipinski definition) is 2. The molecule has 0 aliphatic carbocycles. The molecule has 1 amide bonds. The molecule has 3 aromatic rings. The largest absolute Gasteiger partial charge is 0.494 e. The molecule has 0 aliphatic rings. The van der Waals surface area contributed by atoms with Gasteiger partial charge in [0.15, 0.2) is 6.10 Å². The first-order valence-corrected chi connectivity index (χ1v) is 10.6. The number of rotatable bonds is 8. The molecule has 0 unspecified atom stereocenters. The number of amides is 1. The third kappa shape index (κ3) is 5.24. The molecule has 152 valence electrons. The van der Waals surface area contributed by atoms with Gasteiger partial charge in [-0.25, -0.2) is 8.42 Å². The van der Waals surface area contributed by atoms with Crippen LogP contribution in [0.25, 0.3) is 10.8 Å². The number of carbonyl (C=O) groups is 1. The van der Waals surface area contributed by atoms with E-state index in [9.17, 15) is 13.2 Å². The first-order valence-electron chi connectivity index (χ1n) is 9.09. The highest BCUT2D eigenvalue weighted by molar-refractivity contribution is 7.89. The molecule has 0 radical (unpaired) electrons. The summed E-state index contributed by atoms with van der Waals surface area (Å²) in [6, 6.07) is 19.0. The normalized spacial score (nSPS) is 12.3. The SMILES string of the molecule is CCOc1ccc(O[C@@H](C)C(=O)NNS(=O)(=O)c2ccc3ccccc3c2)cc1. The van der Waals surface area contributed by atoms with E-state index in [-0.39, 0.29) is 4.90 Å². The summed E-state index contributed by atoms with van der Waals surface area (Å²) in [5.41, 5.74) is 2.19. The van der Waals surface area contributed by atoms with Gasteiger partial charge < -0.3 is 9.47 Å². The van der Waals surface area contributed by atoms with Crippen molar-refractivity contribution >= 4 is 26.7 Å². The van der Waals surface area contributed by atoms with Crippen LogP contribution in [-0.2, 0) is 14.8 Å². The van der Waals surface area contributed by atoms with Gasteiger partial charge in [0.1, 0.15) is 11.5 Å². The topological polar surface area (TPSA) is 93.7 Å². The minimum Gasteiger partial charge on any atom is -0.494 e. The van der Waals surface area contributed by atoms with Crippen LogP contribution in [0.15, 0.2) is 71.6 Å².